The number of rotatable bonds is 7. The molecule has 0 radical (unpaired) electrons. The largest absolute Gasteiger partial charge is 0.383 e. The van der Waals surface area contributed by atoms with Crippen molar-refractivity contribution in [3.8, 4) is 0 Å². The van der Waals surface area contributed by atoms with Crippen molar-refractivity contribution in [1.29, 1.82) is 0 Å². The number of nitrogens with one attached hydrogen (secondary N) is 2. The maximum absolute atomic E-state index is 11.9. The van der Waals surface area contributed by atoms with Gasteiger partial charge in [-0.05, 0) is 19.3 Å². The number of carbonyl (C=O) groups excluding carboxylic acids is 1. The zero-order valence-corrected chi connectivity index (χ0v) is 10.4. The third-order valence-electron chi connectivity index (χ3n) is 3.53. The standard InChI is InChI=1S/C12H22N2O3/c1-16-7-6-13-4-5-14-12(15)10-8-9-2-3-11(10)17-9/h9-11,13H,2-8H2,1H3,(H,14,15). The Kier molecular flexibility index (Phi) is 4.76. The molecule has 98 valence electrons. The summed E-state index contributed by atoms with van der Waals surface area (Å²) in [5.74, 6) is 0.249. The molecule has 2 N–H and O–H groups in total. The third kappa shape index (κ3) is 3.40. The van der Waals surface area contributed by atoms with E-state index in [2.05, 4.69) is 10.6 Å². The fraction of sp³-hybridized carbons (Fsp3) is 0.917. The molecule has 0 aliphatic carbocycles. The van der Waals surface area contributed by atoms with Gasteiger partial charge in [0.15, 0.2) is 0 Å². The molecule has 1 amide bonds. The summed E-state index contributed by atoms with van der Waals surface area (Å²) in [4.78, 5) is 11.9. The van der Waals surface area contributed by atoms with Crippen LogP contribution in [-0.4, -0.2) is 51.5 Å². The molecule has 3 unspecified atom stereocenters. The zero-order valence-electron chi connectivity index (χ0n) is 10.4. The molecule has 0 aromatic rings. The van der Waals surface area contributed by atoms with Crippen LogP contribution >= 0.6 is 0 Å². The van der Waals surface area contributed by atoms with Crippen LogP contribution in [0.4, 0.5) is 0 Å². The van der Waals surface area contributed by atoms with E-state index in [1.165, 1.54) is 0 Å². The van der Waals surface area contributed by atoms with Crippen molar-refractivity contribution in [3.63, 3.8) is 0 Å². The first-order valence-corrected chi connectivity index (χ1v) is 6.44. The van der Waals surface area contributed by atoms with Gasteiger partial charge in [-0.25, -0.2) is 0 Å². The smallest absolute Gasteiger partial charge is 0.225 e. The molecule has 0 saturated carbocycles. The van der Waals surface area contributed by atoms with Gasteiger partial charge in [0, 0.05) is 26.7 Å². The number of amides is 1. The van der Waals surface area contributed by atoms with Crippen molar-refractivity contribution in [3.05, 3.63) is 0 Å². The van der Waals surface area contributed by atoms with E-state index in [0.717, 1.165) is 32.4 Å². The maximum Gasteiger partial charge on any atom is 0.225 e. The average Bonchev–Trinajstić information content (AvgIpc) is 2.95. The second-order valence-corrected chi connectivity index (χ2v) is 4.75. The van der Waals surface area contributed by atoms with Gasteiger partial charge in [0.25, 0.3) is 0 Å². The minimum absolute atomic E-state index is 0.0905. The molecule has 0 aromatic carbocycles. The summed E-state index contributed by atoms with van der Waals surface area (Å²) in [6.45, 7) is 2.99. The Labute approximate surface area is 102 Å². The normalized spacial score (nSPS) is 30.8. The topological polar surface area (TPSA) is 59.6 Å². The van der Waals surface area contributed by atoms with Crippen molar-refractivity contribution in [2.75, 3.05) is 33.4 Å². The van der Waals surface area contributed by atoms with Gasteiger partial charge in [-0.3, -0.25) is 4.79 Å². The molecule has 2 saturated heterocycles. The monoisotopic (exact) mass is 242 g/mol. The first-order valence-electron chi connectivity index (χ1n) is 6.44. The highest BCUT2D eigenvalue weighted by molar-refractivity contribution is 5.79. The van der Waals surface area contributed by atoms with Crippen LogP contribution in [0.3, 0.4) is 0 Å². The Bertz CT molecular complexity index is 260. The van der Waals surface area contributed by atoms with Crippen LogP contribution in [0.2, 0.25) is 0 Å². The van der Waals surface area contributed by atoms with Crippen molar-refractivity contribution in [2.45, 2.75) is 31.5 Å². The van der Waals surface area contributed by atoms with Gasteiger partial charge in [-0.1, -0.05) is 0 Å². The minimum Gasteiger partial charge on any atom is -0.383 e. The highest BCUT2D eigenvalue weighted by Crippen LogP contribution is 2.38. The Morgan fingerprint density at radius 3 is 2.88 bits per heavy atom. The summed E-state index contributed by atoms with van der Waals surface area (Å²) >= 11 is 0. The van der Waals surface area contributed by atoms with Gasteiger partial charge >= 0.3 is 0 Å². The molecule has 2 fully saturated rings. The number of ether oxygens (including phenoxy) is 2. The van der Waals surface area contributed by atoms with Gasteiger partial charge in [0.05, 0.1) is 24.7 Å². The third-order valence-corrected chi connectivity index (χ3v) is 3.53. The van der Waals surface area contributed by atoms with E-state index >= 15 is 0 Å². The second kappa shape index (κ2) is 6.33. The van der Waals surface area contributed by atoms with E-state index in [1.54, 1.807) is 7.11 Å². The molecule has 0 aromatic heterocycles. The second-order valence-electron chi connectivity index (χ2n) is 4.75. The van der Waals surface area contributed by atoms with Gasteiger partial charge in [0.1, 0.15) is 0 Å². The minimum atomic E-state index is 0.0905. The molecule has 2 bridgehead atoms. The molecule has 17 heavy (non-hydrogen) atoms. The fourth-order valence-electron chi connectivity index (χ4n) is 2.62. The first-order chi connectivity index (χ1) is 8.31. The molecule has 5 nitrogen and oxygen atoms in total. The van der Waals surface area contributed by atoms with Crippen LogP contribution in [0, 0.1) is 5.92 Å². The molecule has 2 rings (SSSR count). The Morgan fingerprint density at radius 2 is 2.24 bits per heavy atom. The molecule has 2 aliphatic heterocycles. The quantitative estimate of drug-likeness (QED) is 0.612. The van der Waals surface area contributed by atoms with Crippen LogP contribution < -0.4 is 10.6 Å². The molecule has 5 heteroatoms. The Balaban J connectivity index is 1.55. The van der Waals surface area contributed by atoms with Crippen molar-refractivity contribution >= 4 is 5.91 Å². The van der Waals surface area contributed by atoms with E-state index in [0.29, 0.717) is 19.3 Å². The van der Waals surface area contributed by atoms with Crippen molar-refractivity contribution < 1.29 is 14.3 Å². The molecular weight excluding hydrogens is 220 g/mol. The van der Waals surface area contributed by atoms with Crippen LogP contribution in [0.5, 0.6) is 0 Å². The van der Waals surface area contributed by atoms with E-state index < -0.39 is 0 Å². The average molecular weight is 242 g/mol. The molecule has 2 aliphatic rings. The Hall–Kier alpha value is -0.650. The molecule has 0 spiro atoms. The van der Waals surface area contributed by atoms with Crippen LogP contribution in [0.15, 0.2) is 0 Å². The van der Waals surface area contributed by atoms with Crippen LogP contribution in [0.25, 0.3) is 0 Å². The predicted octanol–water partition coefficient (Wildman–Crippen LogP) is -0.0939. The van der Waals surface area contributed by atoms with Crippen LogP contribution in [-0.2, 0) is 14.3 Å². The van der Waals surface area contributed by atoms with Gasteiger partial charge in [-0.15, -0.1) is 0 Å². The van der Waals surface area contributed by atoms with Gasteiger partial charge in [0.2, 0.25) is 5.91 Å². The summed E-state index contributed by atoms with van der Waals surface area (Å²) in [7, 11) is 1.68. The molecule has 2 heterocycles. The molecule has 3 atom stereocenters. The lowest BCUT2D eigenvalue weighted by Crippen LogP contribution is -2.39. The molecular formula is C12H22N2O3. The predicted molar refractivity (Wildman–Crippen MR) is 63.8 cm³/mol. The number of fused-ring (bicyclic) bond motifs is 2. The zero-order chi connectivity index (χ0) is 12.1. The van der Waals surface area contributed by atoms with Crippen molar-refractivity contribution in [1.82, 2.24) is 10.6 Å². The lowest BCUT2D eigenvalue weighted by molar-refractivity contribution is -0.126. The maximum atomic E-state index is 11.9. The summed E-state index contributed by atoms with van der Waals surface area (Å²) in [6, 6.07) is 0. The number of hydrogen-bond acceptors (Lipinski definition) is 4. The van der Waals surface area contributed by atoms with Crippen molar-refractivity contribution in [2.24, 2.45) is 5.92 Å². The SMILES string of the molecule is COCCNCCNC(=O)C1CC2CCC1O2. The number of hydrogen-bond donors (Lipinski definition) is 2. The summed E-state index contributed by atoms with van der Waals surface area (Å²) in [6.07, 6.45) is 3.62. The van der Waals surface area contributed by atoms with Gasteiger partial charge < -0.3 is 20.1 Å². The highest BCUT2D eigenvalue weighted by atomic mass is 16.5. The van der Waals surface area contributed by atoms with E-state index in [9.17, 15) is 4.79 Å². The van der Waals surface area contributed by atoms with E-state index in [1.807, 2.05) is 0 Å². The summed E-state index contributed by atoms with van der Waals surface area (Å²) in [5, 5.41) is 6.16. The Morgan fingerprint density at radius 1 is 1.35 bits per heavy atom. The van der Waals surface area contributed by atoms with E-state index in [4.69, 9.17) is 9.47 Å². The highest BCUT2D eigenvalue weighted by Gasteiger charge is 2.44. The number of carbonyl (C=O) groups is 1. The summed E-state index contributed by atoms with van der Waals surface area (Å²) in [5.41, 5.74) is 0. The fourth-order valence-corrected chi connectivity index (χ4v) is 2.62. The van der Waals surface area contributed by atoms with Gasteiger partial charge in [-0.2, -0.15) is 0 Å². The summed E-state index contributed by atoms with van der Waals surface area (Å²) < 4.78 is 10.6. The lowest BCUT2D eigenvalue weighted by atomic mass is 9.88. The van der Waals surface area contributed by atoms with Crippen LogP contribution in [0.1, 0.15) is 19.3 Å². The van der Waals surface area contributed by atoms with E-state index in [-0.39, 0.29) is 17.9 Å². The lowest BCUT2D eigenvalue weighted by Gasteiger charge is -2.17. The number of methoxy groups -OCH3 is 1. The first kappa shape index (κ1) is 12.8.